The van der Waals surface area contributed by atoms with Gasteiger partial charge in [-0.2, -0.15) is 0 Å². The van der Waals surface area contributed by atoms with Crippen molar-refractivity contribution in [3.63, 3.8) is 0 Å². The lowest BCUT2D eigenvalue weighted by Crippen LogP contribution is -2.49. The van der Waals surface area contributed by atoms with Gasteiger partial charge in [0.05, 0.1) is 6.04 Å². The molecular weight excluding hydrogens is 244 g/mol. The fourth-order valence-electron chi connectivity index (χ4n) is 2.46. The molecule has 1 aromatic rings. The van der Waals surface area contributed by atoms with Crippen LogP contribution in [0.15, 0.2) is 30.3 Å². The van der Waals surface area contributed by atoms with Gasteiger partial charge in [0.25, 0.3) is 0 Å². The Bertz CT molecular complexity index is 461. The molecule has 3 N–H and O–H groups in total. The molecule has 102 valence electrons. The molecule has 0 unspecified atom stereocenters. The van der Waals surface area contributed by atoms with Crippen molar-refractivity contribution in [1.29, 1.82) is 0 Å². The highest BCUT2D eigenvalue weighted by atomic mass is 16.4. The minimum Gasteiger partial charge on any atom is -0.480 e. The molecule has 1 aliphatic rings. The van der Waals surface area contributed by atoms with Gasteiger partial charge in [0.1, 0.15) is 6.04 Å². The van der Waals surface area contributed by atoms with E-state index >= 15 is 0 Å². The molecule has 1 amide bonds. The third-order valence-corrected chi connectivity index (χ3v) is 3.44. The van der Waals surface area contributed by atoms with Gasteiger partial charge in [-0.05, 0) is 24.8 Å². The molecule has 5 heteroatoms. The first kappa shape index (κ1) is 13.5. The van der Waals surface area contributed by atoms with E-state index in [1.807, 2.05) is 30.3 Å². The standard InChI is InChI=1S/C14H18N2O3/c15-11(9-10-5-2-1-3-6-10)13(17)16-8-4-7-12(16)14(18)19/h1-3,5-6,11-12H,4,7-9,15H2,(H,18,19)/t11-,12+/m0/s1. The number of hydrogen-bond donors (Lipinski definition) is 2. The molecule has 0 aliphatic carbocycles. The van der Waals surface area contributed by atoms with Crippen LogP contribution in [0.4, 0.5) is 0 Å². The summed E-state index contributed by atoms with van der Waals surface area (Å²) in [5.41, 5.74) is 6.89. The Morgan fingerprint density at radius 1 is 1.37 bits per heavy atom. The zero-order chi connectivity index (χ0) is 13.8. The number of carboxylic acids is 1. The first-order chi connectivity index (χ1) is 9.09. The molecule has 1 saturated heterocycles. The molecule has 2 atom stereocenters. The van der Waals surface area contributed by atoms with Crippen LogP contribution < -0.4 is 5.73 Å². The lowest BCUT2D eigenvalue weighted by atomic mass is 10.1. The van der Waals surface area contributed by atoms with Crippen molar-refractivity contribution >= 4 is 11.9 Å². The van der Waals surface area contributed by atoms with E-state index < -0.39 is 18.1 Å². The molecule has 0 aromatic heterocycles. The Kier molecular flexibility index (Phi) is 4.16. The number of benzene rings is 1. The molecule has 1 heterocycles. The molecule has 0 spiro atoms. The van der Waals surface area contributed by atoms with Gasteiger partial charge < -0.3 is 15.7 Å². The van der Waals surface area contributed by atoms with Crippen LogP contribution in [0.1, 0.15) is 18.4 Å². The normalized spacial score (nSPS) is 20.3. The molecule has 0 radical (unpaired) electrons. The highest BCUT2D eigenvalue weighted by molar-refractivity contribution is 5.87. The van der Waals surface area contributed by atoms with Crippen LogP contribution in [0.2, 0.25) is 0 Å². The van der Waals surface area contributed by atoms with Crippen molar-refractivity contribution in [2.24, 2.45) is 5.73 Å². The summed E-state index contributed by atoms with van der Waals surface area (Å²) in [5, 5.41) is 9.07. The average Bonchev–Trinajstić information content (AvgIpc) is 2.88. The van der Waals surface area contributed by atoms with Crippen LogP contribution >= 0.6 is 0 Å². The quantitative estimate of drug-likeness (QED) is 0.833. The monoisotopic (exact) mass is 262 g/mol. The van der Waals surface area contributed by atoms with E-state index in [1.54, 1.807) is 0 Å². The summed E-state index contributed by atoms with van der Waals surface area (Å²) in [5.74, 6) is -1.22. The second-order valence-corrected chi connectivity index (χ2v) is 4.82. The van der Waals surface area contributed by atoms with Gasteiger partial charge in [0, 0.05) is 6.54 Å². The second-order valence-electron chi connectivity index (χ2n) is 4.82. The van der Waals surface area contributed by atoms with Crippen molar-refractivity contribution in [2.75, 3.05) is 6.54 Å². The molecule has 19 heavy (non-hydrogen) atoms. The molecule has 1 aliphatic heterocycles. The van der Waals surface area contributed by atoms with Crippen LogP contribution in [0.5, 0.6) is 0 Å². The Balaban J connectivity index is 2.01. The number of aliphatic carboxylic acids is 1. The molecule has 1 aromatic carbocycles. The van der Waals surface area contributed by atoms with Gasteiger partial charge >= 0.3 is 5.97 Å². The summed E-state index contributed by atoms with van der Waals surface area (Å²) in [6, 6.07) is 8.11. The van der Waals surface area contributed by atoms with Crippen LogP contribution in [0.25, 0.3) is 0 Å². The molecule has 1 fully saturated rings. The number of carbonyl (C=O) groups excluding carboxylic acids is 1. The van der Waals surface area contributed by atoms with Crippen molar-refractivity contribution in [3.8, 4) is 0 Å². The lowest BCUT2D eigenvalue weighted by molar-refractivity contribution is -0.148. The number of nitrogens with two attached hydrogens (primary N) is 1. The van der Waals surface area contributed by atoms with Gasteiger partial charge in [-0.25, -0.2) is 4.79 Å². The topological polar surface area (TPSA) is 83.6 Å². The second kappa shape index (κ2) is 5.84. The Hall–Kier alpha value is -1.88. The van der Waals surface area contributed by atoms with Crippen molar-refractivity contribution < 1.29 is 14.7 Å². The van der Waals surface area contributed by atoms with Gasteiger partial charge in [-0.15, -0.1) is 0 Å². The van der Waals surface area contributed by atoms with Crippen molar-refractivity contribution in [2.45, 2.75) is 31.3 Å². The SMILES string of the molecule is N[C@@H](Cc1ccccc1)C(=O)N1CCC[C@@H]1C(=O)O. The van der Waals surface area contributed by atoms with Gasteiger partial charge in [-0.3, -0.25) is 4.79 Å². The van der Waals surface area contributed by atoms with Crippen LogP contribution in [-0.4, -0.2) is 40.5 Å². The van der Waals surface area contributed by atoms with E-state index in [2.05, 4.69) is 0 Å². The summed E-state index contributed by atoms with van der Waals surface area (Å²) in [6.07, 6.45) is 1.67. The summed E-state index contributed by atoms with van der Waals surface area (Å²) in [7, 11) is 0. The predicted molar refractivity (Wildman–Crippen MR) is 70.5 cm³/mol. The van der Waals surface area contributed by atoms with Gasteiger partial charge in [0.2, 0.25) is 5.91 Å². The molecule has 2 rings (SSSR count). The maximum absolute atomic E-state index is 12.2. The number of carbonyl (C=O) groups is 2. The minimum absolute atomic E-state index is 0.270. The maximum atomic E-state index is 12.2. The number of carboxylic acid groups (broad SMARTS) is 1. The zero-order valence-electron chi connectivity index (χ0n) is 10.7. The minimum atomic E-state index is -0.947. The van der Waals surface area contributed by atoms with Gasteiger partial charge in [0.15, 0.2) is 0 Å². The highest BCUT2D eigenvalue weighted by Crippen LogP contribution is 2.18. The number of amides is 1. The molecule has 5 nitrogen and oxygen atoms in total. The van der Waals surface area contributed by atoms with Crippen LogP contribution in [0.3, 0.4) is 0 Å². The highest BCUT2D eigenvalue weighted by Gasteiger charge is 2.35. The average molecular weight is 262 g/mol. The third kappa shape index (κ3) is 3.12. The zero-order valence-corrected chi connectivity index (χ0v) is 10.7. The van der Waals surface area contributed by atoms with E-state index in [9.17, 15) is 9.59 Å². The largest absolute Gasteiger partial charge is 0.480 e. The maximum Gasteiger partial charge on any atom is 0.326 e. The first-order valence-electron chi connectivity index (χ1n) is 6.42. The summed E-state index contributed by atoms with van der Waals surface area (Å²) >= 11 is 0. The third-order valence-electron chi connectivity index (χ3n) is 3.44. The van der Waals surface area contributed by atoms with Crippen molar-refractivity contribution in [1.82, 2.24) is 4.90 Å². The summed E-state index contributed by atoms with van der Waals surface area (Å²) < 4.78 is 0. The van der Waals surface area contributed by atoms with Gasteiger partial charge in [-0.1, -0.05) is 30.3 Å². The number of hydrogen-bond acceptors (Lipinski definition) is 3. The van der Waals surface area contributed by atoms with E-state index in [1.165, 1.54) is 4.90 Å². The van der Waals surface area contributed by atoms with Crippen LogP contribution in [0, 0.1) is 0 Å². The van der Waals surface area contributed by atoms with Crippen LogP contribution in [-0.2, 0) is 16.0 Å². The van der Waals surface area contributed by atoms with E-state index in [0.717, 1.165) is 12.0 Å². The molecule has 0 bridgehead atoms. The lowest BCUT2D eigenvalue weighted by Gasteiger charge is -2.24. The van der Waals surface area contributed by atoms with E-state index in [4.69, 9.17) is 10.8 Å². The van der Waals surface area contributed by atoms with E-state index in [0.29, 0.717) is 19.4 Å². The Morgan fingerprint density at radius 3 is 2.68 bits per heavy atom. The Labute approximate surface area is 112 Å². The Morgan fingerprint density at radius 2 is 2.05 bits per heavy atom. The summed E-state index contributed by atoms with van der Waals surface area (Å²) in [6.45, 7) is 0.484. The smallest absolute Gasteiger partial charge is 0.326 e. The fraction of sp³-hybridized carbons (Fsp3) is 0.429. The molecule has 0 saturated carbocycles. The number of nitrogens with zero attached hydrogens (tertiary/aromatic N) is 1. The first-order valence-corrected chi connectivity index (χ1v) is 6.42. The number of likely N-dealkylation sites (tertiary alicyclic amines) is 1. The predicted octanol–water partition coefficient (Wildman–Crippen LogP) is 0.632. The van der Waals surface area contributed by atoms with E-state index in [-0.39, 0.29) is 5.91 Å². The fourth-order valence-corrected chi connectivity index (χ4v) is 2.46. The van der Waals surface area contributed by atoms with Crippen molar-refractivity contribution in [3.05, 3.63) is 35.9 Å². The summed E-state index contributed by atoms with van der Waals surface area (Å²) in [4.78, 5) is 24.7. The number of rotatable bonds is 4. The molecular formula is C14H18N2O3.